The lowest BCUT2D eigenvalue weighted by Crippen LogP contribution is -2.40. The van der Waals surface area contributed by atoms with Crippen LogP contribution in [0.15, 0.2) is 67.0 Å². The Morgan fingerprint density at radius 3 is 2.25 bits per heavy atom. The number of aromatic nitrogens is 3. The molecule has 5 aromatic rings. The smallest absolute Gasteiger partial charge is 0.242 e. The number of hydrogen-bond donors (Lipinski definition) is 2. The zero-order valence-electron chi connectivity index (χ0n) is 14.9. The number of aliphatic hydroxyl groups excluding tert-OH is 1. The highest BCUT2D eigenvalue weighted by molar-refractivity contribution is 6.33. The zero-order valence-corrected chi connectivity index (χ0v) is 16.5. The second-order valence-electron chi connectivity index (χ2n) is 7.03. The summed E-state index contributed by atoms with van der Waals surface area (Å²) in [7, 11) is 0. The largest absolute Gasteiger partial charge is 0.387 e. The third-order valence-electron chi connectivity index (χ3n) is 5.18. The van der Waals surface area contributed by atoms with Gasteiger partial charge in [-0.2, -0.15) is 0 Å². The van der Waals surface area contributed by atoms with Crippen molar-refractivity contribution in [2.75, 3.05) is 0 Å². The minimum Gasteiger partial charge on any atom is -0.387 e. The van der Waals surface area contributed by atoms with Crippen LogP contribution in [0.1, 0.15) is 0 Å². The average Bonchev–Trinajstić information content (AvgIpc) is 3.21. The van der Waals surface area contributed by atoms with E-state index in [1.807, 2.05) is 71.6 Å². The van der Waals surface area contributed by atoms with Crippen molar-refractivity contribution in [2.24, 2.45) is 0 Å². The highest BCUT2D eigenvalue weighted by Gasteiger charge is 2.18. The number of nitrogens with one attached hydrogen (secondary N) is 1. The van der Waals surface area contributed by atoms with Gasteiger partial charge in [-0.05, 0) is 48.5 Å². The van der Waals surface area contributed by atoms with Gasteiger partial charge in [-0.15, -0.1) is 0 Å². The molecule has 0 aliphatic carbocycles. The van der Waals surface area contributed by atoms with Crippen molar-refractivity contribution in [3.63, 3.8) is 0 Å². The summed E-state index contributed by atoms with van der Waals surface area (Å²) >= 11 is 12.5. The van der Waals surface area contributed by atoms with Crippen LogP contribution < -0.4 is 4.57 Å². The van der Waals surface area contributed by atoms with Gasteiger partial charge < -0.3 is 9.67 Å². The molecule has 0 aliphatic heterocycles. The van der Waals surface area contributed by atoms with Gasteiger partial charge in [-0.3, -0.25) is 0 Å². The highest BCUT2D eigenvalue weighted by Crippen LogP contribution is 2.33. The number of imidazole rings is 1. The Hall–Kier alpha value is -2.53. The number of aliphatic hydroxyl groups is 1. The third-order valence-corrected chi connectivity index (χ3v) is 5.65. The monoisotopic (exact) mass is 410 g/mol. The molecule has 0 saturated carbocycles. The Kier molecular flexibility index (Phi) is 4.27. The molecule has 1 atom stereocenters. The fourth-order valence-corrected chi connectivity index (χ4v) is 4.30. The maximum absolute atomic E-state index is 10.9. The van der Waals surface area contributed by atoms with E-state index in [4.69, 9.17) is 23.2 Å². The fraction of sp³-hybridized carbons (Fsp3) is 0.136. The minimum absolute atomic E-state index is 0.468. The standard InChI is InChI=1S/C22H17Cl2N3O/c23-14-5-7-20-17(9-14)18-10-15(24)6-8-21(18)27(20)12-16(28)11-26-13-25-19-3-1-2-4-22(19)26/h1-10,13,16,28H,11-12H2/p+1. The maximum atomic E-state index is 10.9. The topological polar surface area (TPSA) is 44.8 Å². The zero-order chi connectivity index (χ0) is 19.3. The molecule has 140 valence electrons. The van der Waals surface area contributed by atoms with Crippen molar-refractivity contribution in [1.82, 2.24) is 9.55 Å². The second-order valence-corrected chi connectivity index (χ2v) is 7.90. The lowest BCUT2D eigenvalue weighted by molar-refractivity contribution is -0.678. The van der Waals surface area contributed by atoms with Crippen LogP contribution in [0.25, 0.3) is 32.8 Å². The van der Waals surface area contributed by atoms with Crippen LogP contribution in [-0.4, -0.2) is 20.8 Å². The lowest BCUT2D eigenvalue weighted by Gasteiger charge is -2.13. The first kappa shape index (κ1) is 17.6. The van der Waals surface area contributed by atoms with Gasteiger partial charge in [0, 0.05) is 31.9 Å². The number of rotatable bonds is 4. The summed E-state index contributed by atoms with van der Waals surface area (Å²) < 4.78 is 4.18. The molecule has 3 aromatic carbocycles. The van der Waals surface area contributed by atoms with Crippen molar-refractivity contribution in [2.45, 2.75) is 19.2 Å². The molecular formula is C22H18Cl2N3O+. The average molecular weight is 411 g/mol. The van der Waals surface area contributed by atoms with E-state index in [9.17, 15) is 5.11 Å². The molecule has 0 fully saturated rings. The molecule has 0 spiro atoms. The molecule has 0 bridgehead atoms. The molecule has 4 nitrogen and oxygen atoms in total. The maximum Gasteiger partial charge on any atom is 0.242 e. The Morgan fingerprint density at radius 2 is 1.57 bits per heavy atom. The van der Waals surface area contributed by atoms with Crippen LogP contribution in [0.4, 0.5) is 0 Å². The first-order chi connectivity index (χ1) is 13.6. The number of nitrogens with zero attached hydrogens (tertiary/aromatic N) is 2. The highest BCUT2D eigenvalue weighted by atomic mass is 35.5. The van der Waals surface area contributed by atoms with E-state index in [0.29, 0.717) is 23.1 Å². The van der Waals surface area contributed by atoms with E-state index in [1.165, 1.54) is 0 Å². The van der Waals surface area contributed by atoms with Crippen molar-refractivity contribution in [3.05, 3.63) is 77.0 Å². The van der Waals surface area contributed by atoms with E-state index in [2.05, 4.69) is 9.55 Å². The van der Waals surface area contributed by atoms with E-state index < -0.39 is 6.10 Å². The molecule has 28 heavy (non-hydrogen) atoms. The molecule has 2 N–H and O–H groups in total. The van der Waals surface area contributed by atoms with Crippen LogP contribution in [0.3, 0.4) is 0 Å². The molecule has 0 radical (unpaired) electrons. The number of aromatic amines is 1. The quantitative estimate of drug-likeness (QED) is 0.405. The summed E-state index contributed by atoms with van der Waals surface area (Å²) in [6, 6.07) is 19.7. The van der Waals surface area contributed by atoms with Crippen molar-refractivity contribution >= 4 is 56.0 Å². The number of H-pyrrole nitrogens is 1. The Morgan fingerprint density at radius 1 is 0.929 bits per heavy atom. The van der Waals surface area contributed by atoms with Crippen LogP contribution >= 0.6 is 23.2 Å². The molecule has 0 saturated heterocycles. The number of hydrogen-bond acceptors (Lipinski definition) is 1. The van der Waals surface area contributed by atoms with Crippen molar-refractivity contribution in [3.8, 4) is 0 Å². The van der Waals surface area contributed by atoms with E-state index >= 15 is 0 Å². The van der Waals surface area contributed by atoms with Gasteiger partial charge in [0.25, 0.3) is 0 Å². The van der Waals surface area contributed by atoms with Gasteiger partial charge in [0.05, 0.1) is 6.54 Å². The molecule has 2 heterocycles. The van der Waals surface area contributed by atoms with Gasteiger partial charge in [0.2, 0.25) is 6.33 Å². The van der Waals surface area contributed by atoms with Crippen LogP contribution in [-0.2, 0) is 13.1 Å². The predicted octanol–water partition coefficient (Wildman–Crippen LogP) is 4.93. The van der Waals surface area contributed by atoms with Gasteiger partial charge in [-0.1, -0.05) is 35.3 Å². The van der Waals surface area contributed by atoms with E-state index in [-0.39, 0.29) is 0 Å². The van der Waals surface area contributed by atoms with Crippen LogP contribution in [0.2, 0.25) is 10.0 Å². The molecular weight excluding hydrogens is 393 g/mol. The summed E-state index contributed by atoms with van der Waals surface area (Å²) in [4.78, 5) is 3.24. The summed E-state index contributed by atoms with van der Waals surface area (Å²) in [6.45, 7) is 0.960. The molecule has 1 unspecified atom stereocenters. The van der Waals surface area contributed by atoms with Gasteiger partial charge in [0.1, 0.15) is 12.6 Å². The molecule has 6 heteroatoms. The van der Waals surface area contributed by atoms with E-state index in [1.54, 1.807) is 0 Å². The summed E-state index contributed by atoms with van der Waals surface area (Å²) in [5.74, 6) is 0. The van der Waals surface area contributed by atoms with Crippen LogP contribution in [0, 0.1) is 0 Å². The van der Waals surface area contributed by atoms with E-state index in [0.717, 1.165) is 32.8 Å². The minimum atomic E-state index is -0.561. The molecule has 2 aromatic heterocycles. The Bertz CT molecular complexity index is 1260. The molecule has 0 amide bonds. The van der Waals surface area contributed by atoms with Crippen LogP contribution in [0.5, 0.6) is 0 Å². The third kappa shape index (κ3) is 2.94. The molecule has 5 rings (SSSR count). The van der Waals surface area contributed by atoms with Gasteiger partial charge in [-0.25, -0.2) is 9.55 Å². The summed E-state index contributed by atoms with van der Waals surface area (Å²) in [5, 5.41) is 14.3. The second kappa shape index (κ2) is 6.82. The van der Waals surface area contributed by atoms with Gasteiger partial charge in [0.15, 0.2) is 11.0 Å². The first-order valence-corrected chi connectivity index (χ1v) is 9.86. The summed E-state index contributed by atoms with van der Waals surface area (Å²) in [6.07, 6.45) is 1.34. The predicted molar refractivity (Wildman–Crippen MR) is 114 cm³/mol. The first-order valence-electron chi connectivity index (χ1n) is 9.11. The number of fused-ring (bicyclic) bond motifs is 4. The number of benzene rings is 3. The van der Waals surface area contributed by atoms with Gasteiger partial charge >= 0.3 is 0 Å². The normalized spacial score (nSPS) is 13.0. The van der Waals surface area contributed by atoms with Crippen molar-refractivity contribution in [1.29, 1.82) is 0 Å². The SMILES string of the molecule is OC(Cn1c2ccc(Cl)cc2c2cc(Cl)ccc21)C[n+]1c[nH]c2ccccc21. The summed E-state index contributed by atoms with van der Waals surface area (Å²) in [5.41, 5.74) is 4.19. The number of para-hydroxylation sites is 2. The lowest BCUT2D eigenvalue weighted by atomic mass is 10.1. The van der Waals surface area contributed by atoms with Crippen molar-refractivity contribution < 1.29 is 9.67 Å². The number of halogens is 2. The fourth-order valence-electron chi connectivity index (χ4n) is 3.95. The Balaban J connectivity index is 1.55. The molecule has 0 aliphatic rings. The Labute approximate surface area is 171 Å².